The molecule has 21 heavy (non-hydrogen) atoms. The van der Waals surface area contributed by atoms with Gasteiger partial charge in [-0.2, -0.15) is 0 Å². The molecule has 0 saturated carbocycles. The number of amides is 2. The standard InChI is InChI=1S/C15H21N3O2.ClH/c1-9(2)14(16)15(20)17-12-4-5-13-11(8-12)6-7-18(13)10(3)19;/h4-5,8-9,14H,6-7,16H2,1-3H3,(H,17,20);1H/t14-;/m1./s1. The van der Waals surface area contributed by atoms with Crippen LogP contribution in [0, 0.1) is 5.92 Å². The Morgan fingerprint density at radius 3 is 2.57 bits per heavy atom. The zero-order valence-electron chi connectivity index (χ0n) is 12.6. The summed E-state index contributed by atoms with van der Waals surface area (Å²) in [6, 6.07) is 5.09. The molecule has 1 atom stereocenters. The first-order valence-corrected chi connectivity index (χ1v) is 6.87. The minimum atomic E-state index is -0.517. The molecule has 0 aromatic heterocycles. The van der Waals surface area contributed by atoms with E-state index in [2.05, 4.69) is 5.32 Å². The van der Waals surface area contributed by atoms with Gasteiger partial charge in [-0.3, -0.25) is 9.59 Å². The molecule has 116 valence electrons. The summed E-state index contributed by atoms with van der Waals surface area (Å²) in [6.07, 6.45) is 0.814. The van der Waals surface area contributed by atoms with E-state index in [4.69, 9.17) is 5.73 Å². The van der Waals surface area contributed by atoms with E-state index in [1.807, 2.05) is 32.0 Å². The van der Waals surface area contributed by atoms with Crippen molar-refractivity contribution in [2.45, 2.75) is 33.2 Å². The van der Waals surface area contributed by atoms with Gasteiger partial charge in [0.05, 0.1) is 6.04 Å². The van der Waals surface area contributed by atoms with Gasteiger partial charge in [-0.25, -0.2) is 0 Å². The molecular weight excluding hydrogens is 290 g/mol. The molecule has 2 amide bonds. The van der Waals surface area contributed by atoms with Crippen molar-refractivity contribution in [3.8, 4) is 0 Å². The van der Waals surface area contributed by atoms with E-state index >= 15 is 0 Å². The largest absolute Gasteiger partial charge is 0.325 e. The minimum Gasteiger partial charge on any atom is -0.325 e. The van der Waals surface area contributed by atoms with Gasteiger partial charge in [-0.1, -0.05) is 13.8 Å². The Morgan fingerprint density at radius 2 is 2.00 bits per heavy atom. The Kier molecular flexibility index (Phi) is 5.75. The number of rotatable bonds is 3. The maximum atomic E-state index is 11.9. The summed E-state index contributed by atoms with van der Waals surface area (Å²) < 4.78 is 0. The molecular formula is C15H22ClN3O2. The van der Waals surface area contributed by atoms with Crippen molar-refractivity contribution in [2.24, 2.45) is 11.7 Å². The van der Waals surface area contributed by atoms with Crippen molar-refractivity contribution in [1.82, 2.24) is 0 Å². The third kappa shape index (κ3) is 3.74. The summed E-state index contributed by atoms with van der Waals surface area (Å²) in [5, 5.41) is 2.83. The molecule has 2 rings (SSSR count). The third-order valence-corrected chi connectivity index (χ3v) is 3.64. The maximum Gasteiger partial charge on any atom is 0.241 e. The fourth-order valence-electron chi connectivity index (χ4n) is 2.33. The predicted molar refractivity (Wildman–Crippen MR) is 86.9 cm³/mol. The fourth-order valence-corrected chi connectivity index (χ4v) is 2.33. The number of halogens is 1. The van der Waals surface area contributed by atoms with Gasteiger partial charge >= 0.3 is 0 Å². The first-order valence-electron chi connectivity index (χ1n) is 6.87. The number of carbonyl (C=O) groups excluding carboxylic acids is 2. The summed E-state index contributed by atoms with van der Waals surface area (Å²) in [7, 11) is 0. The highest BCUT2D eigenvalue weighted by Crippen LogP contribution is 2.30. The second-order valence-electron chi connectivity index (χ2n) is 5.52. The highest BCUT2D eigenvalue weighted by Gasteiger charge is 2.23. The smallest absolute Gasteiger partial charge is 0.241 e. The van der Waals surface area contributed by atoms with Crippen molar-refractivity contribution in [3.05, 3.63) is 23.8 Å². The van der Waals surface area contributed by atoms with Gasteiger partial charge in [0.15, 0.2) is 0 Å². The van der Waals surface area contributed by atoms with Crippen LogP contribution in [0.15, 0.2) is 18.2 Å². The third-order valence-electron chi connectivity index (χ3n) is 3.64. The maximum absolute atomic E-state index is 11.9. The summed E-state index contributed by atoms with van der Waals surface area (Å²) in [5.41, 5.74) is 8.56. The van der Waals surface area contributed by atoms with Crippen LogP contribution in [0.1, 0.15) is 26.3 Å². The average Bonchev–Trinajstić information content (AvgIpc) is 2.80. The van der Waals surface area contributed by atoms with Gasteiger partial charge in [0.25, 0.3) is 0 Å². The van der Waals surface area contributed by atoms with Gasteiger partial charge in [-0.05, 0) is 36.1 Å². The number of nitrogens with zero attached hydrogens (tertiary/aromatic N) is 1. The Morgan fingerprint density at radius 1 is 1.33 bits per heavy atom. The molecule has 1 aliphatic rings. The quantitative estimate of drug-likeness (QED) is 0.895. The van der Waals surface area contributed by atoms with E-state index in [1.54, 1.807) is 11.8 Å². The fraction of sp³-hybridized carbons (Fsp3) is 0.467. The molecule has 1 aromatic carbocycles. The number of nitrogens with two attached hydrogens (primary N) is 1. The van der Waals surface area contributed by atoms with E-state index in [0.29, 0.717) is 6.54 Å². The number of anilines is 2. The summed E-state index contributed by atoms with van der Waals surface area (Å²) >= 11 is 0. The number of benzene rings is 1. The molecule has 0 fully saturated rings. The predicted octanol–water partition coefficient (Wildman–Crippen LogP) is 1.94. The summed E-state index contributed by atoms with van der Waals surface area (Å²) in [5.74, 6) is -0.0404. The lowest BCUT2D eigenvalue weighted by Gasteiger charge is -2.17. The number of nitrogens with one attached hydrogen (secondary N) is 1. The molecule has 0 aliphatic carbocycles. The number of hydrogen-bond acceptors (Lipinski definition) is 3. The molecule has 6 heteroatoms. The van der Waals surface area contributed by atoms with Crippen molar-refractivity contribution >= 4 is 35.6 Å². The average molecular weight is 312 g/mol. The van der Waals surface area contributed by atoms with Crippen LogP contribution in [0.5, 0.6) is 0 Å². The first kappa shape index (κ1) is 17.5. The number of carbonyl (C=O) groups is 2. The molecule has 5 nitrogen and oxygen atoms in total. The van der Waals surface area contributed by atoms with Gasteiger partial charge in [0.2, 0.25) is 11.8 Å². The van der Waals surface area contributed by atoms with Crippen LogP contribution in [0.2, 0.25) is 0 Å². The second-order valence-corrected chi connectivity index (χ2v) is 5.52. The Labute approximate surface area is 131 Å². The molecule has 0 radical (unpaired) electrons. The lowest BCUT2D eigenvalue weighted by atomic mass is 10.0. The number of hydrogen-bond donors (Lipinski definition) is 2. The normalized spacial score (nSPS) is 14.4. The molecule has 1 heterocycles. The Bertz CT molecular complexity index is 546. The molecule has 0 saturated heterocycles. The first-order chi connectivity index (χ1) is 9.40. The van der Waals surface area contributed by atoms with Crippen LogP contribution in [0.3, 0.4) is 0 Å². The highest BCUT2D eigenvalue weighted by molar-refractivity contribution is 5.97. The SMILES string of the molecule is CC(=O)N1CCc2cc(NC(=O)[C@H](N)C(C)C)ccc21.Cl. The van der Waals surface area contributed by atoms with E-state index in [-0.39, 0.29) is 30.1 Å². The molecule has 3 N–H and O–H groups in total. The molecule has 0 bridgehead atoms. The zero-order chi connectivity index (χ0) is 14.9. The molecule has 1 aliphatic heterocycles. The van der Waals surface area contributed by atoms with Crippen LogP contribution in [0.4, 0.5) is 11.4 Å². The Hall–Kier alpha value is -1.59. The molecule has 0 unspecified atom stereocenters. The van der Waals surface area contributed by atoms with Crippen LogP contribution in [0.25, 0.3) is 0 Å². The van der Waals surface area contributed by atoms with Gasteiger partial charge < -0.3 is 16.0 Å². The van der Waals surface area contributed by atoms with E-state index in [1.165, 1.54) is 0 Å². The summed E-state index contributed by atoms with van der Waals surface area (Å²) in [4.78, 5) is 25.2. The lowest BCUT2D eigenvalue weighted by Crippen LogP contribution is -2.39. The summed E-state index contributed by atoms with van der Waals surface area (Å²) in [6.45, 7) is 6.09. The van der Waals surface area contributed by atoms with E-state index in [9.17, 15) is 9.59 Å². The van der Waals surface area contributed by atoms with Gasteiger partial charge in [-0.15, -0.1) is 12.4 Å². The number of fused-ring (bicyclic) bond motifs is 1. The monoisotopic (exact) mass is 311 g/mol. The minimum absolute atomic E-state index is 0. The highest BCUT2D eigenvalue weighted by atomic mass is 35.5. The second kappa shape index (κ2) is 6.91. The van der Waals surface area contributed by atoms with Gasteiger partial charge in [0, 0.05) is 24.8 Å². The van der Waals surface area contributed by atoms with Crippen LogP contribution >= 0.6 is 12.4 Å². The van der Waals surface area contributed by atoms with Crippen molar-refractivity contribution in [1.29, 1.82) is 0 Å². The van der Waals surface area contributed by atoms with E-state index < -0.39 is 6.04 Å². The van der Waals surface area contributed by atoms with Crippen molar-refractivity contribution < 1.29 is 9.59 Å². The van der Waals surface area contributed by atoms with Crippen LogP contribution in [-0.4, -0.2) is 24.4 Å². The van der Waals surface area contributed by atoms with E-state index in [0.717, 1.165) is 23.4 Å². The van der Waals surface area contributed by atoms with Crippen LogP contribution < -0.4 is 16.0 Å². The van der Waals surface area contributed by atoms with Crippen molar-refractivity contribution in [3.63, 3.8) is 0 Å². The van der Waals surface area contributed by atoms with Crippen LogP contribution in [-0.2, 0) is 16.0 Å². The topological polar surface area (TPSA) is 75.4 Å². The van der Waals surface area contributed by atoms with Crippen molar-refractivity contribution in [2.75, 3.05) is 16.8 Å². The lowest BCUT2D eigenvalue weighted by molar-refractivity contribution is -0.118. The molecule has 0 spiro atoms. The zero-order valence-corrected chi connectivity index (χ0v) is 13.4. The Balaban J connectivity index is 0.00000220. The van der Waals surface area contributed by atoms with Gasteiger partial charge in [0.1, 0.15) is 0 Å². The molecule has 1 aromatic rings.